The first-order valence-electron chi connectivity index (χ1n) is 10.7. The fraction of sp³-hybridized carbons (Fsp3) is 0.0385. The van der Waals surface area contributed by atoms with Gasteiger partial charge < -0.3 is 21.7 Å². The van der Waals surface area contributed by atoms with Crippen molar-refractivity contribution in [2.75, 3.05) is 21.7 Å². The number of carbonyl (C=O) groups is 3. The Morgan fingerprint density at radius 2 is 1.53 bits per heavy atom. The number of hydrogen-bond acceptors (Lipinski definition) is 6. The summed E-state index contributed by atoms with van der Waals surface area (Å²) < 4.78 is 13.4. The first kappa shape index (κ1) is 24.9. The number of carbonyl (C=O) groups excluding carboxylic acids is 3. The lowest BCUT2D eigenvalue weighted by Gasteiger charge is -2.09. The van der Waals surface area contributed by atoms with E-state index in [0.717, 1.165) is 11.3 Å². The maximum atomic E-state index is 13.4. The molecule has 182 valence electrons. The van der Waals surface area contributed by atoms with E-state index in [0.29, 0.717) is 27.0 Å². The van der Waals surface area contributed by atoms with Crippen LogP contribution in [0.2, 0.25) is 5.02 Å². The summed E-state index contributed by atoms with van der Waals surface area (Å²) in [4.78, 5) is 37.8. The number of nitrogens with two attached hydrogens (primary N) is 1. The summed E-state index contributed by atoms with van der Waals surface area (Å²) in [5.41, 5.74) is 8.08. The molecule has 36 heavy (non-hydrogen) atoms. The van der Waals surface area contributed by atoms with Crippen LogP contribution in [0.15, 0.2) is 72.8 Å². The van der Waals surface area contributed by atoms with Crippen LogP contribution in [0, 0.1) is 5.82 Å². The van der Waals surface area contributed by atoms with Crippen molar-refractivity contribution in [1.82, 2.24) is 0 Å². The maximum absolute atomic E-state index is 13.4. The Morgan fingerprint density at radius 3 is 2.22 bits per heavy atom. The minimum atomic E-state index is -0.533. The van der Waals surface area contributed by atoms with Gasteiger partial charge in [-0.3, -0.25) is 14.4 Å². The average Bonchev–Trinajstić information content (AvgIpc) is 3.15. The molecule has 0 saturated carbocycles. The van der Waals surface area contributed by atoms with Gasteiger partial charge in [-0.05, 0) is 61.5 Å². The molecule has 0 saturated heterocycles. The number of halogens is 2. The molecule has 2 amide bonds. The Balaban J connectivity index is 1.68. The molecular weight excluding hydrogens is 503 g/mol. The lowest BCUT2D eigenvalue weighted by molar-refractivity contribution is 0.101. The van der Waals surface area contributed by atoms with E-state index in [-0.39, 0.29) is 27.6 Å². The fourth-order valence-corrected chi connectivity index (χ4v) is 4.55. The maximum Gasteiger partial charge on any atom is 0.260 e. The third-order valence-electron chi connectivity index (χ3n) is 5.12. The predicted octanol–water partition coefficient (Wildman–Crippen LogP) is 6.57. The van der Waals surface area contributed by atoms with Crippen LogP contribution in [0.1, 0.15) is 38.0 Å². The zero-order valence-electron chi connectivity index (χ0n) is 18.9. The van der Waals surface area contributed by atoms with Crippen LogP contribution >= 0.6 is 22.9 Å². The molecule has 10 heteroatoms. The summed E-state index contributed by atoms with van der Waals surface area (Å²) in [6, 6.07) is 18.4. The molecule has 0 spiro atoms. The van der Waals surface area contributed by atoms with E-state index in [9.17, 15) is 18.8 Å². The van der Waals surface area contributed by atoms with Crippen molar-refractivity contribution in [3.8, 4) is 0 Å². The Labute approximate surface area is 215 Å². The lowest BCUT2D eigenvalue weighted by Crippen LogP contribution is -2.16. The number of rotatable bonds is 7. The highest BCUT2D eigenvalue weighted by Crippen LogP contribution is 2.42. The molecule has 1 aromatic heterocycles. The molecule has 0 aliphatic heterocycles. The van der Waals surface area contributed by atoms with Crippen LogP contribution in [-0.2, 0) is 0 Å². The highest BCUT2D eigenvalue weighted by molar-refractivity contribution is 7.21. The van der Waals surface area contributed by atoms with Gasteiger partial charge in [0.15, 0.2) is 5.78 Å². The molecule has 7 nitrogen and oxygen atoms in total. The van der Waals surface area contributed by atoms with Gasteiger partial charge in [-0.15, -0.1) is 0 Å². The molecule has 4 rings (SSSR count). The molecule has 0 aliphatic carbocycles. The van der Waals surface area contributed by atoms with Gasteiger partial charge >= 0.3 is 0 Å². The summed E-state index contributed by atoms with van der Waals surface area (Å²) >= 11 is 7.07. The molecule has 4 aromatic rings. The third kappa shape index (κ3) is 5.70. The van der Waals surface area contributed by atoms with Crippen molar-refractivity contribution in [3.05, 3.63) is 100 Å². The molecular formula is C26H20ClFN4O3S. The summed E-state index contributed by atoms with van der Waals surface area (Å²) in [6.07, 6.45) is 0. The normalized spacial score (nSPS) is 10.5. The highest BCUT2D eigenvalue weighted by Gasteiger charge is 2.24. The van der Waals surface area contributed by atoms with Crippen LogP contribution in [0.5, 0.6) is 0 Å². The number of hydrogen-bond donors (Lipinski definition) is 4. The molecule has 3 aromatic carbocycles. The van der Waals surface area contributed by atoms with Gasteiger partial charge in [-0.25, -0.2) is 4.39 Å². The second kappa shape index (κ2) is 10.6. The Bertz CT molecular complexity index is 1470. The molecule has 5 N–H and O–H groups in total. The first-order chi connectivity index (χ1) is 17.2. The van der Waals surface area contributed by atoms with Crippen LogP contribution < -0.4 is 21.7 Å². The SMILES string of the molecule is CC(=O)c1cccc(C(=O)Nc2sc(Nc3ccc(F)cc3)c(C(=O)Nc3cccc(Cl)c3)c2N)c1. The van der Waals surface area contributed by atoms with Gasteiger partial charge in [0.1, 0.15) is 15.8 Å². The highest BCUT2D eigenvalue weighted by atomic mass is 35.5. The number of amides is 2. The molecule has 0 bridgehead atoms. The summed E-state index contributed by atoms with van der Waals surface area (Å²) in [5, 5.41) is 9.54. The zero-order chi connectivity index (χ0) is 25.8. The molecule has 0 fully saturated rings. The number of Topliss-reactive ketones (excluding diaryl/α,β-unsaturated/α-hetero) is 1. The van der Waals surface area contributed by atoms with Gasteiger partial charge in [0.2, 0.25) is 0 Å². The smallest absolute Gasteiger partial charge is 0.260 e. The van der Waals surface area contributed by atoms with E-state index in [2.05, 4.69) is 16.0 Å². The minimum absolute atomic E-state index is 0.0419. The topological polar surface area (TPSA) is 113 Å². The fourth-order valence-electron chi connectivity index (χ4n) is 3.33. The number of benzene rings is 3. The summed E-state index contributed by atoms with van der Waals surface area (Å²) in [5.74, 6) is -1.62. The van der Waals surface area contributed by atoms with Crippen LogP contribution in [0.4, 0.5) is 31.5 Å². The number of nitrogen functional groups attached to an aromatic ring is 1. The van der Waals surface area contributed by atoms with E-state index >= 15 is 0 Å². The van der Waals surface area contributed by atoms with Gasteiger partial charge in [0.05, 0.1) is 11.3 Å². The van der Waals surface area contributed by atoms with Crippen molar-refractivity contribution in [3.63, 3.8) is 0 Å². The summed E-state index contributed by atoms with van der Waals surface area (Å²) in [7, 11) is 0. The quantitative estimate of drug-likeness (QED) is 0.205. The predicted molar refractivity (Wildman–Crippen MR) is 142 cm³/mol. The van der Waals surface area contributed by atoms with E-state index in [4.69, 9.17) is 17.3 Å². The van der Waals surface area contributed by atoms with E-state index in [1.165, 1.54) is 37.3 Å². The monoisotopic (exact) mass is 522 g/mol. The van der Waals surface area contributed by atoms with Crippen LogP contribution in [0.3, 0.4) is 0 Å². The van der Waals surface area contributed by atoms with E-state index in [1.54, 1.807) is 42.5 Å². The molecule has 0 radical (unpaired) electrons. The Hall–Kier alpha value is -4.21. The van der Waals surface area contributed by atoms with Gasteiger partial charge in [0.25, 0.3) is 11.8 Å². The van der Waals surface area contributed by atoms with Crippen molar-refractivity contribution in [1.29, 1.82) is 0 Å². The van der Waals surface area contributed by atoms with E-state index in [1.807, 2.05) is 0 Å². The lowest BCUT2D eigenvalue weighted by atomic mass is 10.1. The van der Waals surface area contributed by atoms with Crippen molar-refractivity contribution in [2.45, 2.75) is 6.92 Å². The van der Waals surface area contributed by atoms with Crippen LogP contribution in [0.25, 0.3) is 0 Å². The third-order valence-corrected chi connectivity index (χ3v) is 6.39. The first-order valence-corrected chi connectivity index (χ1v) is 11.8. The number of nitrogens with one attached hydrogen (secondary N) is 3. The molecule has 0 aliphatic rings. The minimum Gasteiger partial charge on any atom is -0.396 e. The standard InChI is InChI=1S/C26H20ClFN4O3S/c1-14(33)15-4-2-5-16(12-15)23(34)32-26-22(29)21(24(35)30-20-7-3-6-17(27)13-20)25(36-26)31-19-10-8-18(28)9-11-19/h2-13,31H,29H2,1H3,(H,30,35)(H,32,34). The zero-order valence-corrected chi connectivity index (χ0v) is 20.5. The second-order valence-electron chi connectivity index (χ2n) is 7.74. The largest absolute Gasteiger partial charge is 0.396 e. The van der Waals surface area contributed by atoms with E-state index < -0.39 is 17.6 Å². The van der Waals surface area contributed by atoms with Gasteiger partial charge in [-0.1, -0.05) is 41.1 Å². The number of ketones is 1. The van der Waals surface area contributed by atoms with Crippen LogP contribution in [-0.4, -0.2) is 17.6 Å². The molecule has 0 unspecified atom stereocenters. The Kier molecular flexibility index (Phi) is 7.33. The van der Waals surface area contributed by atoms with Crippen molar-refractivity contribution >= 4 is 67.6 Å². The van der Waals surface area contributed by atoms with Gasteiger partial charge in [-0.2, -0.15) is 0 Å². The van der Waals surface area contributed by atoms with Crippen molar-refractivity contribution < 1.29 is 18.8 Å². The second-order valence-corrected chi connectivity index (χ2v) is 9.19. The Morgan fingerprint density at radius 1 is 0.833 bits per heavy atom. The molecule has 1 heterocycles. The number of anilines is 5. The average molecular weight is 523 g/mol. The molecule has 0 atom stereocenters. The number of thiophene rings is 1. The van der Waals surface area contributed by atoms with Gasteiger partial charge in [0, 0.05) is 27.5 Å². The summed E-state index contributed by atoms with van der Waals surface area (Å²) in [6.45, 7) is 1.41. The van der Waals surface area contributed by atoms with Crippen molar-refractivity contribution in [2.24, 2.45) is 0 Å².